The van der Waals surface area contributed by atoms with Crippen LogP contribution in [0.2, 0.25) is 0 Å². The molecule has 0 unspecified atom stereocenters. The van der Waals surface area contributed by atoms with Crippen molar-refractivity contribution in [2.45, 2.75) is 0 Å². The molecule has 6 heteroatoms. The lowest BCUT2D eigenvalue weighted by molar-refractivity contribution is 0.0950. The number of halogens is 1. The lowest BCUT2D eigenvalue weighted by Crippen LogP contribution is -2.29. The van der Waals surface area contributed by atoms with E-state index >= 15 is 0 Å². The molecule has 1 aromatic carbocycles. The second-order valence-corrected chi connectivity index (χ2v) is 4.68. The van der Waals surface area contributed by atoms with Crippen molar-refractivity contribution in [2.24, 2.45) is 5.73 Å². The summed E-state index contributed by atoms with van der Waals surface area (Å²) in [6.45, 7) is 0.843. The van der Waals surface area contributed by atoms with Crippen LogP contribution in [0.1, 0.15) is 10.5 Å². The number of carbonyl (C=O) groups excluding carboxylic acids is 1. The van der Waals surface area contributed by atoms with Gasteiger partial charge in [0.1, 0.15) is 5.69 Å². The van der Waals surface area contributed by atoms with Gasteiger partial charge < -0.3 is 11.1 Å². The Morgan fingerprint density at radius 3 is 3.00 bits per heavy atom. The van der Waals surface area contributed by atoms with Crippen molar-refractivity contribution in [3.05, 3.63) is 33.7 Å². The number of nitrogens with one attached hydrogen (secondary N) is 1. The van der Waals surface area contributed by atoms with Gasteiger partial charge in [-0.3, -0.25) is 9.78 Å². The first-order valence-corrected chi connectivity index (χ1v) is 6.19. The lowest BCUT2D eigenvalue weighted by atomic mass is 10.3. The summed E-state index contributed by atoms with van der Waals surface area (Å²) in [5, 5.41) is 2.66. The van der Waals surface area contributed by atoms with Gasteiger partial charge >= 0.3 is 0 Å². The van der Waals surface area contributed by atoms with Crippen molar-refractivity contribution in [2.75, 3.05) is 13.1 Å². The third-order valence-corrected chi connectivity index (χ3v) is 2.84. The highest BCUT2D eigenvalue weighted by Gasteiger charge is 2.08. The average molecular weight is 340 g/mol. The van der Waals surface area contributed by atoms with Gasteiger partial charge in [0, 0.05) is 16.7 Å². The molecule has 88 valence electrons. The van der Waals surface area contributed by atoms with E-state index < -0.39 is 0 Å². The molecule has 0 aliphatic rings. The molecule has 2 rings (SSSR count). The topological polar surface area (TPSA) is 80.9 Å². The Morgan fingerprint density at radius 2 is 2.24 bits per heavy atom. The van der Waals surface area contributed by atoms with E-state index in [9.17, 15) is 4.79 Å². The summed E-state index contributed by atoms with van der Waals surface area (Å²) in [6, 6.07) is 5.70. The molecule has 17 heavy (non-hydrogen) atoms. The molecule has 0 aliphatic carbocycles. The maximum Gasteiger partial charge on any atom is 0.271 e. The SMILES string of the molecule is NCCNC(=O)c1cnc2cc([125I])ccc2n1. The minimum absolute atomic E-state index is 0.247. The zero-order chi connectivity index (χ0) is 12.3. The normalized spacial score (nSPS) is 10.5. The Kier molecular flexibility index (Phi) is 3.85. The first kappa shape index (κ1) is 12.2. The van der Waals surface area contributed by atoms with Gasteiger partial charge in [0.25, 0.3) is 5.91 Å². The van der Waals surface area contributed by atoms with Crippen molar-refractivity contribution >= 4 is 39.5 Å². The molecule has 0 atom stereocenters. The van der Waals surface area contributed by atoms with Crippen LogP contribution in [0.3, 0.4) is 0 Å². The number of hydrogen-bond donors (Lipinski definition) is 2. The fourth-order valence-corrected chi connectivity index (χ4v) is 1.84. The average Bonchev–Trinajstić information content (AvgIpc) is 2.35. The van der Waals surface area contributed by atoms with Gasteiger partial charge in [-0.2, -0.15) is 0 Å². The van der Waals surface area contributed by atoms with Crippen LogP contribution >= 0.6 is 22.6 Å². The largest absolute Gasteiger partial charge is 0.349 e. The van der Waals surface area contributed by atoms with Crippen LogP contribution in [0.4, 0.5) is 0 Å². The van der Waals surface area contributed by atoms with Crippen molar-refractivity contribution in [3.63, 3.8) is 0 Å². The van der Waals surface area contributed by atoms with Gasteiger partial charge in [-0.05, 0) is 40.8 Å². The van der Waals surface area contributed by atoms with E-state index in [0.717, 1.165) is 9.09 Å². The first-order chi connectivity index (χ1) is 8.20. The Hall–Kier alpha value is -1.28. The van der Waals surface area contributed by atoms with Gasteiger partial charge in [-0.15, -0.1) is 0 Å². The summed E-state index contributed by atoms with van der Waals surface area (Å²) in [5.74, 6) is -0.247. The molecule has 0 aliphatic heterocycles. The van der Waals surface area contributed by atoms with Gasteiger partial charge in [0.15, 0.2) is 0 Å². The summed E-state index contributed by atoms with van der Waals surface area (Å²) in [5.41, 5.74) is 7.12. The predicted octanol–water partition coefficient (Wildman–Crippen LogP) is 0.923. The number of rotatable bonds is 3. The monoisotopic (exact) mass is 340 g/mol. The van der Waals surface area contributed by atoms with Crippen LogP contribution in [0.5, 0.6) is 0 Å². The van der Waals surface area contributed by atoms with E-state index in [-0.39, 0.29) is 5.91 Å². The van der Waals surface area contributed by atoms with Crippen LogP contribution in [0, 0.1) is 3.57 Å². The van der Waals surface area contributed by atoms with E-state index in [1.807, 2.05) is 18.2 Å². The number of nitrogens with two attached hydrogens (primary N) is 1. The third-order valence-electron chi connectivity index (χ3n) is 2.17. The van der Waals surface area contributed by atoms with E-state index in [4.69, 9.17) is 5.73 Å². The van der Waals surface area contributed by atoms with Crippen molar-refractivity contribution in [1.29, 1.82) is 0 Å². The Morgan fingerprint density at radius 1 is 1.41 bits per heavy atom. The number of hydrogen-bond acceptors (Lipinski definition) is 4. The molecule has 3 N–H and O–H groups in total. The number of benzene rings is 1. The minimum Gasteiger partial charge on any atom is -0.349 e. The quantitative estimate of drug-likeness (QED) is 0.815. The van der Waals surface area contributed by atoms with Gasteiger partial charge in [0.05, 0.1) is 17.2 Å². The van der Waals surface area contributed by atoms with Crippen molar-refractivity contribution < 1.29 is 4.79 Å². The summed E-state index contributed by atoms with van der Waals surface area (Å²) < 4.78 is 1.09. The predicted molar refractivity (Wildman–Crippen MR) is 73.6 cm³/mol. The number of aromatic nitrogens is 2. The van der Waals surface area contributed by atoms with E-state index in [0.29, 0.717) is 24.3 Å². The number of amides is 1. The highest BCUT2D eigenvalue weighted by Crippen LogP contribution is 2.13. The standard InChI is InChI=1S/C11H11IN4O/c12-7-1-2-8-9(5-7)15-6-10(16-8)11(17)14-4-3-13/h1-2,5-6H,3-4,13H2,(H,14,17)/i12-2. The Bertz CT molecular complexity index is 558. The molecule has 1 amide bonds. The van der Waals surface area contributed by atoms with Gasteiger partial charge in [-0.25, -0.2) is 4.98 Å². The molecule has 0 bridgehead atoms. The number of fused-ring (bicyclic) bond motifs is 1. The zero-order valence-electron chi connectivity index (χ0n) is 8.98. The second-order valence-electron chi connectivity index (χ2n) is 3.43. The maximum absolute atomic E-state index is 11.6. The first-order valence-electron chi connectivity index (χ1n) is 5.11. The molecule has 1 heterocycles. The Labute approximate surface area is 112 Å². The van der Waals surface area contributed by atoms with Gasteiger partial charge in [0.2, 0.25) is 0 Å². The molecule has 0 radical (unpaired) electrons. The summed E-state index contributed by atoms with van der Waals surface area (Å²) in [7, 11) is 0. The van der Waals surface area contributed by atoms with Crippen LogP contribution in [0.15, 0.2) is 24.4 Å². The molecule has 0 fully saturated rings. The van der Waals surface area contributed by atoms with Crippen LogP contribution in [0.25, 0.3) is 11.0 Å². The van der Waals surface area contributed by atoms with Crippen LogP contribution in [-0.2, 0) is 0 Å². The minimum atomic E-state index is -0.247. The maximum atomic E-state index is 11.6. The summed E-state index contributed by atoms with van der Waals surface area (Å²) in [4.78, 5) is 20.1. The molecule has 0 spiro atoms. The molecular weight excluding hydrogens is 329 g/mol. The highest BCUT2D eigenvalue weighted by atomic mass is 125. The lowest BCUT2D eigenvalue weighted by Gasteiger charge is -2.03. The highest BCUT2D eigenvalue weighted by molar-refractivity contribution is 14.1. The molecule has 0 saturated heterocycles. The fraction of sp³-hybridized carbons (Fsp3) is 0.182. The molecule has 5 nitrogen and oxygen atoms in total. The molecule has 0 saturated carbocycles. The summed E-state index contributed by atoms with van der Waals surface area (Å²) in [6.07, 6.45) is 1.48. The van der Waals surface area contributed by atoms with Crippen molar-refractivity contribution in [3.8, 4) is 0 Å². The number of carbonyl (C=O) groups is 1. The smallest absolute Gasteiger partial charge is 0.271 e. The van der Waals surface area contributed by atoms with E-state index in [1.54, 1.807) is 0 Å². The van der Waals surface area contributed by atoms with Gasteiger partial charge in [-0.1, -0.05) is 0 Å². The molecular formula is C11H11IN4O. The van der Waals surface area contributed by atoms with E-state index in [2.05, 4.69) is 37.9 Å². The number of nitrogens with zero attached hydrogens (tertiary/aromatic N) is 2. The third kappa shape index (κ3) is 2.89. The zero-order valence-corrected chi connectivity index (χ0v) is 11.1. The molecule has 1 aromatic heterocycles. The fourth-order valence-electron chi connectivity index (χ4n) is 1.37. The molecule has 2 aromatic rings. The van der Waals surface area contributed by atoms with E-state index in [1.165, 1.54) is 6.20 Å². The second kappa shape index (κ2) is 5.37. The summed E-state index contributed by atoms with van der Waals surface area (Å²) >= 11 is 2.21. The Balaban J connectivity index is 2.31. The van der Waals surface area contributed by atoms with Crippen molar-refractivity contribution in [1.82, 2.24) is 15.3 Å². The van der Waals surface area contributed by atoms with Crippen LogP contribution in [-0.4, -0.2) is 29.0 Å². The van der Waals surface area contributed by atoms with Crippen LogP contribution < -0.4 is 11.1 Å².